The Labute approximate surface area is 145 Å². The third-order valence-electron chi connectivity index (χ3n) is 5.72. The standard InChI is InChI=1S/C22H28O2/c1-21(2,3)20-6-4-5-15-22(20,16-7-11-18(23)12-8-16)17-9-13-19(24)14-10-17/h7-14,20,23-24H,4-6,15H2,1-3H3. The van der Waals surface area contributed by atoms with Crippen molar-refractivity contribution in [2.24, 2.45) is 11.3 Å². The van der Waals surface area contributed by atoms with Gasteiger partial charge in [0.25, 0.3) is 0 Å². The molecule has 0 radical (unpaired) electrons. The minimum atomic E-state index is -0.0715. The summed E-state index contributed by atoms with van der Waals surface area (Å²) >= 11 is 0. The Morgan fingerprint density at radius 3 is 1.67 bits per heavy atom. The van der Waals surface area contributed by atoms with Crippen molar-refractivity contribution in [1.82, 2.24) is 0 Å². The number of hydrogen-bond acceptors (Lipinski definition) is 2. The number of aromatic hydroxyl groups is 2. The van der Waals surface area contributed by atoms with Gasteiger partial charge in [0.15, 0.2) is 0 Å². The second kappa shape index (κ2) is 6.16. The Morgan fingerprint density at radius 1 is 0.792 bits per heavy atom. The Morgan fingerprint density at radius 2 is 1.25 bits per heavy atom. The predicted molar refractivity (Wildman–Crippen MR) is 98.4 cm³/mol. The van der Waals surface area contributed by atoms with Crippen LogP contribution in [0.5, 0.6) is 11.5 Å². The summed E-state index contributed by atoms with van der Waals surface area (Å²) in [4.78, 5) is 0. The molecular weight excluding hydrogens is 296 g/mol. The molecule has 1 saturated carbocycles. The first-order chi connectivity index (χ1) is 11.3. The molecule has 1 aliphatic carbocycles. The summed E-state index contributed by atoms with van der Waals surface area (Å²) in [5.41, 5.74) is 2.64. The van der Waals surface area contributed by atoms with Crippen LogP contribution in [0.15, 0.2) is 48.5 Å². The lowest BCUT2D eigenvalue weighted by Crippen LogP contribution is -2.45. The van der Waals surface area contributed by atoms with Gasteiger partial charge in [-0.2, -0.15) is 0 Å². The molecule has 1 fully saturated rings. The van der Waals surface area contributed by atoms with Gasteiger partial charge in [0.05, 0.1) is 0 Å². The van der Waals surface area contributed by atoms with Gasteiger partial charge in [0.1, 0.15) is 11.5 Å². The van der Waals surface area contributed by atoms with Gasteiger partial charge in [0.2, 0.25) is 0 Å². The molecule has 0 aliphatic heterocycles. The van der Waals surface area contributed by atoms with Crippen molar-refractivity contribution >= 4 is 0 Å². The van der Waals surface area contributed by atoms with Crippen molar-refractivity contribution < 1.29 is 10.2 Å². The van der Waals surface area contributed by atoms with E-state index in [4.69, 9.17) is 0 Å². The van der Waals surface area contributed by atoms with E-state index in [1.807, 2.05) is 0 Å². The molecule has 2 aromatic rings. The molecule has 1 atom stereocenters. The Balaban J connectivity index is 2.22. The minimum Gasteiger partial charge on any atom is -0.508 e. The van der Waals surface area contributed by atoms with Gasteiger partial charge in [-0.1, -0.05) is 57.9 Å². The number of hydrogen-bond donors (Lipinski definition) is 2. The van der Waals surface area contributed by atoms with E-state index in [0.717, 1.165) is 6.42 Å². The molecule has 0 aromatic heterocycles. The van der Waals surface area contributed by atoms with E-state index >= 15 is 0 Å². The minimum absolute atomic E-state index is 0.0715. The maximum absolute atomic E-state index is 9.74. The van der Waals surface area contributed by atoms with Gasteiger partial charge in [0, 0.05) is 5.41 Å². The SMILES string of the molecule is CC(C)(C)C1CCCCC1(c1ccc(O)cc1)c1ccc(O)cc1. The second-order valence-corrected chi connectivity index (χ2v) is 8.23. The van der Waals surface area contributed by atoms with Crippen LogP contribution >= 0.6 is 0 Å². The molecule has 0 heterocycles. The lowest BCUT2D eigenvalue weighted by atomic mass is 9.53. The molecule has 2 heteroatoms. The normalized spacial score (nSPS) is 20.7. The largest absolute Gasteiger partial charge is 0.508 e. The average Bonchev–Trinajstić information content (AvgIpc) is 2.55. The highest BCUT2D eigenvalue weighted by Gasteiger charge is 2.48. The second-order valence-electron chi connectivity index (χ2n) is 8.23. The highest BCUT2D eigenvalue weighted by molar-refractivity contribution is 5.44. The zero-order chi connectivity index (χ0) is 17.4. The molecule has 1 unspecified atom stereocenters. The lowest BCUT2D eigenvalue weighted by molar-refractivity contribution is 0.100. The van der Waals surface area contributed by atoms with Gasteiger partial charge in [-0.3, -0.25) is 0 Å². The first-order valence-electron chi connectivity index (χ1n) is 8.93. The van der Waals surface area contributed by atoms with Crippen LogP contribution in [0.2, 0.25) is 0 Å². The molecular formula is C22H28O2. The average molecular weight is 324 g/mol. The molecule has 0 spiro atoms. The van der Waals surface area contributed by atoms with Crippen LogP contribution in [-0.4, -0.2) is 10.2 Å². The Hall–Kier alpha value is -1.96. The number of rotatable bonds is 2. The summed E-state index contributed by atoms with van der Waals surface area (Å²) in [5, 5.41) is 19.5. The van der Waals surface area contributed by atoms with E-state index < -0.39 is 0 Å². The van der Waals surface area contributed by atoms with Crippen LogP contribution in [0.1, 0.15) is 57.6 Å². The van der Waals surface area contributed by atoms with Crippen LogP contribution in [0.3, 0.4) is 0 Å². The van der Waals surface area contributed by atoms with Crippen molar-refractivity contribution in [3.8, 4) is 11.5 Å². The fourth-order valence-corrected chi connectivity index (χ4v) is 4.72. The number of benzene rings is 2. The molecule has 0 amide bonds. The van der Waals surface area contributed by atoms with Crippen LogP contribution in [-0.2, 0) is 5.41 Å². The van der Waals surface area contributed by atoms with Gasteiger partial charge in [-0.05, 0) is 59.6 Å². The molecule has 24 heavy (non-hydrogen) atoms. The predicted octanol–water partition coefficient (Wildman–Crippen LogP) is 5.62. The van der Waals surface area contributed by atoms with Gasteiger partial charge in [-0.25, -0.2) is 0 Å². The number of phenolic OH excluding ortho intramolecular Hbond substituents is 2. The lowest BCUT2D eigenvalue weighted by Gasteiger charge is -2.51. The molecule has 128 valence electrons. The summed E-state index contributed by atoms with van der Waals surface area (Å²) < 4.78 is 0. The quantitative estimate of drug-likeness (QED) is 0.752. The maximum Gasteiger partial charge on any atom is 0.115 e. The summed E-state index contributed by atoms with van der Waals surface area (Å²) in [5.74, 6) is 1.12. The van der Waals surface area contributed by atoms with Gasteiger partial charge < -0.3 is 10.2 Å². The zero-order valence-electron chi connectivity index (χ0n) is 14.9. The van der Waals surface area contributed by atoms with Crippen LogP contribution in [0.25, 0.3) is 0 Å². The molecule has 1 aliphatic rings. The monoisotopic (exact) mass is 324 g/mol. The molecule has 0 saturated heterocycles. The first kappa shape index (κ1) is 16.9. The highest BCUT2D eigenvalue weighted by atomic mass is 16.3. The third-order valence-corrected chi connectivity index (χ3v) is 5.72. The van der Waals surface area contributed by atoms with Crippen molar-refractivity contribution in [1.29, 1.82) is 0 Å². The van der Waals surface area contributed by atoms with E-state index in [0.29, 0.717) is 17.4 Å². The Kier molecular flexibility index (Phi) is 4.33. The molecule has 0 bridgehead atoms. The van der Waals surface area contributed by atoms with E-state index in [1.165, 1.54) is 30.4 Å². The smallest absolute Gasteiger partial charge is 0.115 e. The fraction of sp³-hybridized carbons (Fsp3) is 0.455. The summed E-state index contributed by atoms with van der Waals surface area (Å²) in [6.45, 7) is 7.00. The summed E-state index contributed by atoms with van der Waals surface area (Å²) in [6, 6.07) is 15.5. The third kappa shape index (κ3) is 2.90. The molecule has 2 aromatic carbocycles. The van der Waals surface area contributed by atoms with E-state index in [2.05, 4.69) is 45.0 Å². The molecule has 3 rings (SSSR count). The number of phenols is 2. The van der Waals surface area contributed by atoms with E-state index in [-0.39, 0.29) is 10.8 Å². The van der Waals surface area contributed by atoms with Crippen LogP contribution < -0.4 is 0 Å². The summed E-state index contributed by atoms with van der Waals surface area (Å²) in [7, 11) is 0. The van der Waals surface area contributed by atoms with E-state index in [9.17, 15) is 10.2 Å². The van der Waals surface area contributed by atoms with Crippen LogP contribution in [0.4, 0.5) is 0 Å². The Bertz CT molecular complexity index is 632. The van der Waals surface area contributed by atoms with Crippen molar-refractivity contribution in [3.63, 3.8) is 0 Å². The van der Waals surface area contributed by atoms with Crippen molar-refractivity contribution in [2.45, 2.75) is 51.9 Å². The topological polar surface area (TPSA) is 40.5 Å². The molecule has 2 nitrogen and oxygen atoms in total. The van der Waals surface area contributed by atoms with Crippen molar-refractivity contribution in [3.05, 3.63) is 59.7 Å². The fourth-order valence-electron chi connectivity index (χ4n) is 4.72. The van der Waals surface area contributed by atoms with Gasteiger partial charge >= 0.3 is 0 Å². The zero-order valence-corrected chi connectivity index (χ0v) is 14.9. The summed E-state index contributed by atoms with van der Waals surface area (Å²) in [6.07, 6.45) is 4.77. The maximum atomic E-state index is 9.74. The molecule has 2 N–H and O–H groups in total. The van der Waals surface area contributed by atoms with E-state index in [1.54, 1.807) is 24.3 Å². The first-order valence-corrected chi connectivity index (χ1v) is 8.93. The van der Waals surface area contributed by atoms with Crippen molar-refractivity contribution in [2.75, 3.05) is 0 Å². The van der Waals surface area contributed by atoms with Gasteiger partial charge in [-0.15, -0.1) is 0 Å². The van der Waals surface area contributed by atoms with Crippen LogP contribution in [0, 0.1) is 11.3 Å². The highest BCUT2D eigenvalue weighted by Crippen LogP contribution is 2.55.